The van der Waals surface area contributed by atoms with Crippen molar-refractivity contribution < 1.29 is 9.53 Å². The third kappa shape index (κ3) is 4.21. The van der Waals surface area contributed by atoms with Crippen molar-refractivity contribution in [2.24, 2.45) is 10.8 Å². The van der Waals surface area contributed by atoms with E-state index in [-0.39, 0.29) is 12.1 Å². The summed E-state index contributed by atoms with van der Waals surface area (Å²) >= 11 is 0. The molecule has 0 aromatic heterocycles. The molecular weight excluding hydrogens is 214 g/mol. The Labute approximate surface area is 105 Å². The summed E-state index contributed by atoms with van der Waals surface area (Å²) in [6.07, 6.45) is 5.49. The van der Waals surface area contributed by atoms with Gasteiger partial charge in [-0.3, -0.25) is 0 Å². The Balaban J connectivity index is 2.70. The van der Waals surface area contributed by atoms with Crippen LogP contribution in [-0.4, -0.2) is 19.2 Å². The number of methoxy groups -OCH3 is 1. The maximum absolute atomic E-state index is 11.3. The Hall–Kier alpha value is -0.730. The Morgan fingerprint density at radius 1 is 1.35 bits per heavy atom. The number of alkyl carbamates (subject to hydrolysis) is 1. The minimum absolute atomic E-state index is 0.253. The van der Waals surface area contributed by atoms with Crippen molar-refractivity contribution in [3.8, 4) is 0 Å². The molecule has 0 aliphatic heterocycles. The highest BCUT2D eigenvalue weighted by atomic mass is 16.5. The van der Waals surface area contributed by atoms with Gasteiger partial charge < -0.3 is 10.1 Å². The monoisotopic (exact) mass is 241 g/mol. The van der Waals surface area contributed by atoms with E-state index in [0.717, 1.165) is 12.8 Å². The topological polar surface area (TPSA) is 38.3 Å². The van der Waals surface area contributed by atoms with Gasteiger partial charge in [-0.2, -0.15) is 0 Å². The first-order chi connectivity index (χ1) is 7.80. The van der Waals surface area contributed by atoms with Crippen LogP contribution in [0.4, 0.5) is 4.79 Å². The second-order valence-electron chi connectivity index (χ2n) is 6.64. The van der Waals surface area contributed by atoms with E-state index in [0.29, 0.717) is 10.8 Å². The van der Waals surface area contributed by atoms with Crippen LogP contribution in [0.3, 0.4) is 0 Å². The van der Waals surface area contributed by atoms with Crippen LogP contribution in [0.1, 0.15) is 59.8 Å². The number of carbonyl (C=O) groups is 1. The molecule has 0 radical (unpaired) electrons. The molecule has 2 atom stereocenters. The zero-order valence-corrected chi connectivity index (χ0v) is 11.9. The Kier molecular flexibility index (Phi) is 4.45. The number of carbonyl (C=O) groups excluding carboxylic acids is 1. The number of hydrogen-bond acceptors (Lipinski definition) is 2. The van der Waals surface area contributed by atoms with Crippen molar-refractivity contribution in [1.29, 1.82) is 0 Å². The second kappa shape index (κ2) is 5.28. The van der Waals surface area contributed by atoms with E-state index >= 15 is 0 Å². The lowest BCUT2D eigenvalue weighted by Crippen LogP contribution is -2.46. The lowest BCUT2D eigenvalue weighted by molar-refractivity contribution is 0.0614. The molecule has 1 N–H and O–H groups in total. The molecule has 1 aliphatic carbocycles. The Morgan fingerprint density at radius 3 is 2.53 bits per heavy atom. The van der Waals surface area contributed by atoms with E-state index in [9.17, 15) is 4.79 Å². The molecule has 17 heavy (non-hydrogen) atoms. The number of amides is 1. The van der Waals surface area contributed by atoms with Gasteiger partial charge in [-0.1, -0.05) is 34.1 Å². The van der Waals surface area contributed by atoms with Crippen molar-refractivity contribution in [3.05, 3.63) is 0 Å². The summed E-state index contributed by atoms with van der Waals surface area (Å²) in [6, 6.07) is 0.253. The summed E-state index contributed by atoms with van der Waals surface area (Å²) in [4.78, 5) is 11.3. The fraction of sp³-hybridized carbons (Fsp3) is 0.929. The predicted octanol–water partition coefficient (Wildman–Crippen LogP) is 3.73. The van der Waals surface area contributed by atoms with E-state index in [1.54, 1.807) is 0 Å². The van der Waals surface area contributed by atoms with E-state index in [1.807, 2.05) is 0 Å². The van der Waals surface area contributed by atoms with Gasteiger partial charge in [0.05, 0.1) is 7.11 Å². The van der Waals surface area contributed by atoms with Crippen LogP contribution in [-0.2, 0) is 4.74 Å². The lowest BCUT2D eigenvalue weighted by Gasteiger charge is -2.46. The van der Waals surface area contributed by atoms with Gasteiger partial charge in [0.15, 0.2) is 0 Å². The summed E-state index contributed by atoms with van der Waals surface area (Å²) < 4.78 is 4.70. The predicted molar refractivity (Wildman–Crippen MR) is 70.0 cm³/mol. The minimum Gasteiger partial charge on any atom is -0.453 e. The molecule has 1 aliphatic rings. The molecule has 0 heterocycles. The van der Waals surface area contributed by atoms with Gasteiger partial charge in [-0.05, 0) is 36.5 Å². The maximum atomic E-state index is 11.3. The van der Waals surface area contributed by atoms with Gasteiger partial charge in [0.1, 0.15) is 0 Å². The minimum atomic E-state index is -0.299. The fourth-order valence-electron chi connectivity index (χ4n) is 3.76. The van der Waals surface area contributed by atoms with Crippen LogP contribution in [0.2, 0.25) is 0 Å². The molecule has 0 aromatic carbocycles. The van der Waals surface area contributed by atoms with Crippen molar-refractivity contribution in [2.75, 3.05) is 7.11 Å². The number of ether oxygens (including phenoxy) is 1. The molecule has 100 valence electrons. The maximum Gasteiger partial charge on any atom is 0.407 e. The van der Waals surface area contributed by atoms with Crippen LogP contribution < -0.4 is 5.32 Å². The Morgan fingerprint density at radius 2 is 2.00 bits per heavy atom. The largest absolute Gasteiger partial charge is 0.453 e. The third-order valence-corrected chi connectivity index (χ3v) is 3.80. The average molecular weight is 241 g/mol. The summed E-state index contributed by atoms with van der Waals surface area (Å²) in [5, 5.41) is 2.98. The Bertz CT molecular complexity index is 275. The van der Waals surface area contributed by atoms with Gasteiger partial charge in [-0.15, -0.1) is 0 Å². The molecule has 2 unspecified atom stereocenters. The van der Waals surface area contributed by atoms with E-state index in [4.69, 9.17) is 4.74 Å². The first-order valence-corrected chi connectivity index (χ1v) is 6.65. The normalized spacial score (nSPS) is 31.9. The van der Waals surface area contributed by atoms with Crippen LogP contribution in [0.5, 0.6) is 0 Å². The molecule has 0 saturated heterocycles. The molecular formula is C14H27NO2. The standard InChI is InChI=1S/C14H27NO2/c1-6-7-14(4)9-11(15-12(16)17-5)8-13(2,3)10-14/h11H,6-10H2,1-5H3,(H,15,16). The third-order valence-electron chi connectivity index (χ3n) is 3.80. The summed E-state index contributed by atoms with van der Waals surface area (Å²) in [5.74, 6) is 0. The second-order valence-corrected chi connectivity index (χ2v) is 6.64. The first kappa shape index (κ1) is 14.3. The van der Waals surface area contributed by atoms with Crippen LogP contribution in [0.15, 0.2) is 0 Å². The molecule has 0 bridgehead atoms. The van der Waals surface area contributed by atoms with E-state index in [2.05, 4.69) is 33.0 Å². The highest BCUT2D eigenvalue weighted by molar-refractivity contribution is 5.67. The summed E-state index contributed by atoms with van der Waals surface area (Å²) in [7, 11) is 1.43. The van der Waals surface area contributed by atoms with Gasteiger partial charge >= 0.3 is 6.09 Å². The molecule has 3 nitrogen and oxygen atoms in total. The number of hydrogen-bond donors (Lipinski definition) is 1. The number of rotatable bonds is 3. The quantitative estimate of drug-likeness (QED) is 0.817. The smallest absolute Gasteiger partial charge is 0.407 e. The van der Waals surface area contributed by atoms with Gasteiger partial charge in [0, 0.05) is 6.04 Å². The van der Waals surface area contributed by atoms with Crippen LogP contribution >= 0.6 is 0 Å². The van der Waals surface area contributed by atoms with Crippen molar-refractivity contribution in [1.82, 2.24) is 5.32 Å². The molecule has 1 rings (SSSR count). The van der Waals surface area contributed by atoms with Crippen molar-refractivity contribution in [3.63, 3.8) is 0 Å². The van der Waals surface area contributed by atoms with Crippen molar-refractivity contribution >= 4 is 6.09 Å². The molecule has 1 fully saturated rings. The van der Waals surface area contributed by atoms with E-state index < -0.39 is 0 Å². The molecule has 3 heteroatoms. The van der Waals surface area contributed by atoms with E-state index in [1.165, 1.54) is 26.4 Å². The molecule has 1 amide bonds. The SMILES string of the molecule is CCCC1(C)CC(NC(=O)OC)CC(C)(C)C1. The first-order valence-electron chi connectivity index (χ1n) is 6.65. The summed E-state index contributed by atoms with van der Waals surface area (Å²) in [6.45, 7) is 9.18. The number of nitrogens with one attached hydrogen (secondary N) is 1. The van der Waals surface area contributed by atoms with Gasteiger partial charge in [0.2, 0.25) is 0 Å². The van der Waals surface area contributed by atoms with Crippen LogP contribution in [0.25, 0.3) is 0 Å². The molecule has 0 aromatic rings. The average Bonchev–Trinajstić information content (AvgIpc) is 2.13. The lowest BCUT2D eigenvalue weighted by atomic mass is 9.61. The molecule has 0 spiro atoms. The van der Waals surface area contributed by atoms with Crippen LogP contribution in [0, 0.1) is 10.8 Å². The fourth-order valence-corrected chi connectivity index (χ4v) is 3.76. The summed E-state index contributed by atoms with van der Waals surface area (Å²) in [5.41, 5.74) is 0.649. The van der Waals surface area contributed by atoms with Gasteiger partial charge in [-0.25, -0.2) is 4.79 Å². The highest BCUT2D eigenvalue weighted by Gasteiger charge is 2.41. The zero-order chi connectivity index (χ0) is 13.1. The van der Waals surface area contributed by atoms with Crippen molar-refractivity contribution in [2.45, 2.75) is 65.8 Å². The van der Waals surface area contributed by atoms with Gasteiger partial charge in [0.25, 0.3) is 0 Å². The zero-order valence-electron chi connectivity index (χ0n) is 11.9. The highest BCUT2D eigenvalue weighted by Crippen LogP contribution is 2.48. The molecule has 1 saturated carbocycles.